The van der Waals surface area contributed by atoms with E-state index in [0.717, 1.165) is 44.6 Å². The minimum absolute atomic E-state index is 0.148. The Morgan fingerprint density at radius 1 is 0.367 bits per heavy atom. The lowest BCUT2D eigenvalue weighted by Crippen LogP contribution is -2.28. The quantitative estimate of drug-likeness (QED) is 0.168. The second-order valence-corrected chi connectivity index (χ2v) is 16.8. The van der Waals surface area contributed by atoms with Gasteiger partial charge in [-0.15, -0.1) is 0 Å². The molecule has 2 heteroatoms. The number of rotatable bonds is 6. The fourth-order valence-electron chi connectivity index (χ4n) is 10.6. The molecule has 0 bridgehead atoms. The van der Waals surface area contributed by atoms with Gasteiger partial charge in [-0.1, -0.05) is 196 Å². The van der Waals surface area contributed by atoms with Crippen molar-refractivity contribution in [1.82, 2.24) is 0 Å². The number of benzene rings is 9. The van der Waals surface area contributed by atoms with Crippen LogP contribution < -0.4 is 4.90 Å². The molecule has 0 saturated carbocycles. The highest BCUT2D eigenvalue weighted by Crippen LogP contribution is 2.58. The Bertz CT molecular complexity index is 3240. The maximum absolute atomic E-state index is 7.46. The Kier molecular flexibility index (Phi) is 7.52. The molecule has 0 radical (unpaired) electrons. The number of anilines is 3. The van der Waals surface area contributed by atoms with Crippen molar-refractivity contribution < 1.29 is 4.42 Å². The summed E-state index contributed by atoms with van der Waals surface area (Å²) in [6.45, 7) is 4.70. The van der Waals surface area contributed by atoms with Crippen molar-refractivity contribution in [2.75, 3.05) is 4.90 Å². The summed E-state index contributed by atoms with van der Waals surface area (Å²) in [5.41, 5.74) is 19.3. The number of furan rings is 1. The number of hydrogen-bond acceptors (Lipinski definition) is 2. The van der Waals surface area contributed by atoms with Crippen LogP contribution >= 0.6 is 0 Å². The van der Waals surface area contributed by atoms with E-state index in [-0.39, 0.29) is 5.41 Å². The SMILES string of the molecule is CC1(C)c2ccccc2-c2ccc(N(c3ccc(-c4ccccc4)cc3)c3cccc4c3oc3c(C5(c6ccccc6)c6ccccc6-c6ccccc65)cccc34)cc21. The monoisotopic (exact) mass is 767 g/mol. The first kappa shape index (κ1) is 34.6. The summed E-state index contributed by atoms with van der Waals surface area (Å²) >= 11 is 0. The molecule has 12 rings (SSSR count). The predicted molar refractivity (Wildman–Crippen MR) is 249 cm³/mol. The van der Waals surface area contributed by atoms with Crippen LogP contribution in [0.4, 0.5) is 17.1 Å². The molecule has 0 amide bonds. The van der Waals surface area contributed by atoms with Gasteiger partial charge in [0.25, 0.3) is 0 Å². The van der Waals surface area contributed by atoms with Gasteiger partial charge in [-0.05, 0) is 91.5 Å². The van der Waals surface area contributed by atoms with Gasteiger partial charge in [-0.3, -0.25) is 0 Å². The van der Waals surface area contributed by atoms with Crippen molar-refractivity contribution in [3.8, 4) is 33.4 Å². The molecular formula is C58H41NO. The lowest BCUT2D eigenvalue weighted by molar-refractivity contribution is 0.648. The van der Waals surface area contributed by atoms with Crippen molar-refractivity contribution in [1.29, 1.82) is 0 Å². The largest absolute Gasteiger partial charge is 0.453 e. The van der Waals surface area contributed by atoms with Crippen molar-refractivity contribution in [3.63, 3.8) is 0 Å². The summed E-state index contributed by atoms with van der Waals surface area (Å²) < 4.78 is 7.46. The molecule has 0 atom stereocenters. The van der Waals surface area contributed by atoms with E-state index in [4.69, 9.17) is 4.42 Å². The molecule has 2 aliphatic rings. The molecule has 1 aromatic heterocycles. The summed E-state index contributed by atoms with van der Waals surface area (Å²) in [7, 11) is 0. The Labute approximate surface area is 350 Å². The van der Waals surface area contributed by atoms with E-state index < -0.39 is 5.41 Å². The van der Waals surface area contributed by atoms with Gasteiger partial charge in [0.2, 0.25) is 0 Å². The molecule has 60 heavy (non-hydrogen) atoms. The summed E-state index contributed by atoms with van der Waals surface area (Å²) in [6.07, 6.45) is 0. The van der Waals surface area contributed by atoms with Gasteiger partial charge < -0.3 is 9.32 Å². The van der Waals surface area contributed by atoms with Crippen LogP contribution in [-0.4, -0.2) is 0 Å². The van der Waals surface area contributed by atoms with Gasteiger partial charge in [0.15, 0.2) is 5.58 Å². The molecule has 2 aliphatic carbocycles. The van der Waals surface area contributed by atoms with Gasteiger partial charge in [0.1, 0.15) is 5.58 Å². The van der Waals surface area contributed by atoms with E-state index in [1.165, 1.54) is 61.2 Å². The lowest BCUT2D eigenvalue weighted by Gasteiger charge is -2.33. The van der Waals surface area contributed by atoms with Gasteiger partial charge in [-0.2, -0.15) is 0 Å². The fourth-order valence-corrected chi connectivity index (χ4v) is 10.6. The molecule has 0 N–H and O–H groups in total. The molecule has 10 aromatic rings. The van der Waals surface area contributed by atoms with Crippen LogP contribution in [-0.2, 0) is 10.8 Å². The second-order valence-electron chi connectivity index (χ2n) is 16.8. The zero-order valence-electron chi connectivity index (χ0n) is 33.6. The molecule has 0 spiro atoms. The van der Waals surface area contributed by atoms with Gasteiger partial charge in [0, 0.05) is 33.1 Å². The Morgan fingerprint density at radius 2 is 0.867 bits per heavy atom. The highest BCUT2D eigenvalue weighted by atomic mass is 16.3. The summed E-state index contributed by atoms with van der Waals surface area (Å²) in [6, 6.07) is 77.6. The molecule has 0 saturated heterocycles. The van der Waals surface area contributed by atoms with E-state index >= 15 is 0 Å². The van der Waals surface area contributed by atoms with Crippen LogP contribution in [0.2, 0.25) is 0 Å². The molecule has 9 aromatic carbocycles. The van der Waals surface area contributed by atoms with Crippen molar-refractivity contribution >= 4 is 39.0 Å². The topological polar surface area (TPSA) is 16.4 Å². The minimum atomic E-state index is -0.588. The van der Waals surface area contributed by atoms with Crippen molar-refractivity contribution in [3.05, 3.63) is 246 Å². The Morgan fingerprint density at radius 3 is 1.55 bits per heavy atom. The number of nitrogens with zero attached hydrogens (tertiary/aromatic N) is 1. The Balaban J connectivity index is 1.11. The van der Waals surface area contributed by atoms with Gasteiger partial charge in [-0.25, -0.2) is 0 Å². The smallest absolute Gasteiger partial charge is 0.159 e. The standard InChI is InChI=1S/C58H41NO/c1-57(2)49-26-12-9-21-43(49)46-36-35-42(37-53(46)57)59(41-33-31-39(32-34-41)38-17-5-3-6-18-38)54-30-16-25-48-47-24-15-29-52(55(47)60-56(48)54)58(40-19-7-4-8-20-40)50-27-13-10-22-44(50)45-23-11-14-28-51(45)58/h3-37H,1-2H3. The molecular weight excluding hydrogens is 727 g/mol. The Hall–Kier alpha value is -7.42. The average molecular weight is 768 g/mol. The van der Waals surface area contributed by atoms with E-state index in [1.807, 2.05) is 0 Å². The maximum Gasteiger partial charge on any atom is 0.159 e. The molecule has 1 heterocycles. The van der Waals surface area contributed by atoms with Crippen LogP contribution in [0.1, 0.15) is 47.2 Å². The predicted octanol–water partition coefficient (Wildman–Crippen LogP) is 15.4. The first-order valence-corrected chi connectivity index (χ1v) is 20.9. The maximum atomic E-state index is 7.46. The average Bonchev–Trinajstić information content (AvgIpc) is 3.92. The van der Waals surface area contributed by atoms with E-state index in [2.05, 4.69) is 231 Å². The van der Waals surface area contributed by atoms with Gasteiger partial charge in [0.05, 0.1) is 11.1 Å². The molecule has 0 unspecified atom stereocenters. The van der Waals surface area contributed by atoms with Gasteiger partial charge >= 0.3 is 0 Å². The molecule has 2 nitrogen and oxygen atoms in total. The number of hydrogen-bond donors (Lipinski definition) is 0. The van der Waals surface area contributed by atoms with Crippen LogP contribution in [0.3, 0.4) is 0 Å². The zero-order chi connectivity index (χ0) is 40.0. The third-order valence-corrected chi connectivity index (χ3v) is 13.4. The molecule has 0 aliphatic heterocycles. The fraction of sp³-hybridized carbons (Fsp3) is 0.0690. The van der Waals surface area contributed by atoms with E-state index in [0.29, 0.717) is 0 Å². The lowest BCUT2D eigenvalue weighted by atomic mass is 9.67. The van der Waals surface area contributed by atoms with E-state index in [1.54, 1.807) is 0 Å². The van der Waals surface area contributed by atoms with Crippen LogP contribution in [0.15, 0.2) is 217 Å². The van der Waals surface area contributed by atoms with Crippen molar-refractivity contribution in [2.24, 2.45) is 0 Å². The number of para-hydroxylation sites is 2. The second kappa shape index (κ2) is 13.0. The summed E-state index contributed by atoms with van der Waals surface area (Å²) in [5.74, 6) is 0. The first-order valence-electron chi connectivity index (χ1n) is 20.9. The van der Waals surface area contributed by atoms with Crippen LogP contribution in [0, 0.1) is 0 Å². The molecule has 0 fully saturated rings. The highest BCUT2D eigenvalue weighted by molar-refractivity contribution is 6.12. The zero-order valence-corrected chi connectivity index (χ0v) is 33.6. The van der Waals surface area contributed by atoms with Crippen molar-refractivity contribution in [2.45, 2.75) is 24.7 Å². The minimum Gasteiger partial charge on any atom is -0.453 e. The number of fused-ring (bicyclic) bond motifs is 9. The summed E-state index contributed by atoms with van der Waals surface area (Å²) in [4.78, 5) is 2.39. The third-order valence-electron chi connectivity index (χ3n) is 13.4. The third kappa shape index (κ3) is 4.82. The normalized spacial score (nSPS) is 14.1. The molecule has 284 valence electrons. The summed E-state index contributed by atoms with van der Waals surface area (Å²) in [5, 5.41) is 2.19. The first-order chi connectivity index (χ1) is 29.5. The van der Waals surface area contributed by atoms with Crippen LogP contribution in [0.5, 0.6) is 0 Å². The van der Waals surface area contributed by atoms with Crippen LogP contribution in [0.25, 0.3) is 55.3 Å². The van der Waals surface area contributed by atoms with E-state index in [9.17, 15) is 0 Å². The highest BCUT2D eigenvalue weighted by Gasteiger charge is 2.47.